The highest BCUT2D eigenvalue weighted by Gasteiger charge is 2.27. The first-order valence-corrected chi connectivity index (χ1v) is 13.1. The number of aromatic nitrogens is 3. The Kier molecular flexibility index (Phi) is 9.29. The number of hydrogen-bond acceptors (Lipinski definition) is 6. The Morgan fingerprint density at radius 3 is 1.93 bits per heavy atom. The fourth-order valence-corrected chi connectivity index (χ4v) is 4.67. The average molecular weight is 574 g/mol. The molecule has 4 rings (SSSR count). The lowest BCUT2D eigenvalue weighted by molar-refractivity contribution is -0.485. The molecule has 14 nitrogen and oxygen atoms in total. The fraction of sp³-hybridized carbons (Fsp3) is 0.214. The zero-order valence-electron chi connectivity index (χ0n) is 22.7. The maximum Gasteiger partial charge on any atom is 0.352 e. The van der Waals surface area contributed by atoms with Gasteiger partial charge in [-0.05, 0) is 54.8 Å². The molecule has 1 heterocycles. The number of rotatable bonds is 12. The minimum atomic E-state index is -0.999. The SMILES string of the molecule is NCCC[C@H](C(N)=O)N(Cc1cccc(Cn2c(=O)n(-c3ccccc3)n(-c3ccccc3)c2=O)c1)C(N)=N[N+](=O)[O-]. The molecule has 0 saturated heterocycles. The van der Waals surface area contributed by atoms with E-state index in [1.54, 1.807) is 72.8 Å². The second-order valence-corrected chi connectivity index (χ2v) is 9.44. The normalized spacial score (nSPS) is 12.2. The minimum absolute atomic E-state index is 0.0522. The van der Waals surface area contributed by atoms with Gasteiger partial charge >= 0.3 is 11.4 Å². The number of carbonyl (C=O) groups is 1. The van der Waals surface area contributed by atoms with E-state index in [9.17, 15) is 24.5 Å². The van der Waals surface area contributed by atoms with Crippen molar-refractivity contribution in [2.24, 2.45) is 22.3 Å². The summed E-state index contributed by atoms with van der Waals surface area (Å²) in [7, 11) is 0. The maximum absolute atomic E-state index is 13.6. The van der Waals surface area contributed by atoms with E-state index >= 15 is 0 Å². The third kappa shape index (κ3) is 6.62. The van der Waals surface area contributed by atoms with E-state index in [4.69, 9.17) is 17.2 Å². The van der Waals surface area contributed by atoms with Gasteiger partial charge in [0.05, 0.1) is 17.9 Å². The molecule has 6 N–H and O–H groups in total. The topological polar surface area (TPSA) is 203 Å². The highest BCUT2D eigenvalue weighted by molar-refractivity contribution is 5.87. The minimum Gasteiger partial charge on any atom is -0.368 e. The number of nitro groups is 1. The Labute approximate surface area is 240 Å². The number of carbonyl (C=O) groups excluding carboxylic acids is 1. The van der Waals surface area contributed by atoms with Crippen LogP contribution in [-0.4, -0.2) is 48.3 Å². The van der Waals surface area contributed by atoms with Gasteiger partial charge in [-0.25, -0.2) is 24.3 Å². The highest BCUT2D eigenvalue weighted by Crippen LogP contribution is 2.15. The Morgan fingerprint density at radius 1 is 0.881 bits per heavy atom. The first-order valence-electron chi connectivity index (χ1n) is 13.1. The highest BCUT2D eigenvalue weighted by atomic mass is 16.7. The van der Waals surface area contributed by atoms with Crippen molar-refractivity contribution in [2.45, 2.75) is 32.0 Å². The molecule has 0 spiro atoms. The van der Waals surface area contributed by atoms with Gasteiger partial charge in [-0.2, -0.15) is 9.36 Å². The van der Waals surface area contributed by atoms with Gasteiger partial charge in [0.2, 0.25) is 5.91 Å². The maximum atomic E-state index is 13.6. The second-order valence-electron chi connectivity index (χ2n) is 9.44. The van der Waals surface area contributed by atoms with Crippen molar-refractivity contribution >= 4 is 11.9 Å². The number of para-hydroxylation sites is 2. The first kappa shape index (κ1) is 29.5. The molecule has 218 valence electrons. The van der Waals surface area contributed by atoms with E-state index in [0.29, 0.717) is 28.9 Å². The van der Waals surface area contributed by atoms with Crippen LogP contribution in [0, 0.1) is 10.1 Å². The molecule has 0 unspecified atom stereocenters. The van der Waals surface area contributed by atoms with Crippen LogP contribution in [0.15, 0.2) is 99.6 Å². The van der Waals surface area contributed by atoms with Crippen LogP contribution in [0.3, 0.4) is 0 Å². The van der Waals surface area contributed by atoms with E-state index in [2.05, 4.69) is 5.10 Å². The molecule has 1 atom stereocenters. The molecule has 0 fully saturated rings. The van der Waals surface area contributed by atoms with Crippen molar-refractivity contribution in [3.63, 3.8) is 0 Å². The summed E-state index contributed by atoms with van der Waals surface area (Å²) in [5.74, 6) is -1.23. The van der Waals surface area contributed by atoms with E-state index < -0.39 is 34.3 Å². The number of nitrogens with two attached hydrogens (primary N) is 3. The second kappa shape index (κ2) is 13.2. The summed E-state index contributed by atoms with van der Waals surface area (Å²) in [6.07, 6.45) is 0.631. The molecule has 3 aromatic carbocycles. The molecule has 1 aromatic heterocycles. The molecule has 1 amide bonds. The van der Waals surface area contributed by atoms with Gasteiger partial charge in [0, 0.05) is 6.54 Å². The molecule has 4 aromatic rings. The molecule has 0 aliphatic rings. The molecule has 42 heavy (non-hydrogen) atoms. The standard InChI is InChI=1S/C28H31N9O5/c29-16-8-15-24(25(30)38)33(26(31)32-37(41)42)18-20-9-7-10-21(17-20)19-34-27(39)35(22-11-3-1-4-12-22)36(28(34)40)23-13-5-2-6-14-23/h1-7,9-14,17,24H,8,15-16,18-19,29H2,(H2,30,38)(H2,31,32)/t24-/m1/s1. The molecular formula is C28H31N9O5. The Morgan fingerprint density at radius 2 is 1.43 bits per heavy atom. The van der Waals surface area contributed by atoms with E-state index in [-0.39, 0.29) is 26.1 Å². The van der Waals surface area contributed by atoms with Crippen LogP contribution in [0.5, 0.6) is 0 Å². The van der Waals surface area contributed by atoms with Gasteiger partial charge in [-0.15, -0.1) is 0 Å². The van der Waals surface area contributed by atoms with E-state index in [1.165, 1.54) is 14.3 Å². The summed E-state index contributed by atoms with van der Waals surface area (Å²) in [5.41, 5.74) is 18.2. The van der Waals surface area contributed by atoms with Crippen LogP contribution >= 0.6 is 0 Å². The lowest BCUT2D eigenvalue weighted by Crippen LogP contribution is -2.50. The molecule has 0 saturated carbocycles. The molecule has 0 aliphatic carbocycles. The molecule has 0 bridgehead atoms. The summed E-state index contributed by atoms with van der Waals surface area (Å²) in [6.45, 7) is 0.156. The van der Waals surface area contributed by atoms with Gasteiger partial charge in [0.1, 0.15) is 11.1 Å². The van der Waals surface area contributed by atoms with E-state index in [1.807, 2.05) is 12.1 Å². The zero-order chi connectivity index (χ0) is 30.2. The summed E-state index contributed by atoms with van der Waals surface area (Å²) in [5, 5.41) is 13.3. The third-order valence-corrected chi connectivity index (χ3v) is 6.58. The largest absolute Gasteiger partial charge is 0.368 e. The van der Waals surface area contributed by atoms with Crippen molar-refractivity contribution in [3.8, 4) is 11.4 Å². The Hall–Kier alpha value is -5.50. The van der Waals surface area contributed by atoms with Gasteiger partial charge in [-0.3, -0.25) is 4.79 Å². The van der Waals surface area contributed by atoms with Crippen molar-refractivity contribution in [2.75, 3.05) is 6.54 Å². The third-order valence-electron chi connectivity index (χ3n) is 6.58. The monoisotopic (exact) mass is 573 g/mol. The molecular weight excluding hydrogens is 542 g/mol. The van der Waals surface area contributed by atoms with Crippen LogP contribution < -0.4 is 28.6 Å². The lowest BCUT2D eigenvalue weighted by atomic mass is 10.1. The Bertz CT molecular complexity index is 1620. The van der Waals surface area contributed by atoms with Gasteiger partial charge in [0.25, 0.3) is 5.96 Å². The number of hydrazone groups is 1. The number of nitrogens with zero attached hydrogens (tertiary/aromatic N) is 6. The van der Waals surface area contributed by atoms with Gasteiger partial charge < -0.3 is 22.1 Å². The summed E-state index contributed by atoms with van der Waals surface area (Å²) in [6, 6.07) is 23.5. The smallest absolute Gasteiger partial charge is 0.352 e. The zero-order valence-corrected chi connectivity index (χ0v) is 22.7. The number of hydrogen-bond donors (Lipinski definition) is 3. The quantitative estimate of drug-likeness (QED) is 0.0952. The van der Waals surface area contributed by atoms with Crippen molar-refractivity contribution in [1.82, 2.24) is 18.8 Å². The first-order chi connectivity index (χ1) is 20.2. The van der Waals surface area contributed by atoms with Crippen LogP contribution in [0.25, 0.3) is 11.4 Å². The van der Waals surface area contributed by atoms with Crippen LogP contribution in [0.1, 0.15) is 24.0 Å². The lowest BCUT2D eigenvalue weighted by Gasteiger charge is -2.29. The number of benzene rings is 3. The molecule has 0 radical (unpaired) electrons. The number of guanidine groups is 1. The summed E-state index contributed by atoms with van der Waals surface area (Å²) < 4.78 is 3.74. The van der Waals surface area contributed by atoms with Gasteiger partial charge in [0.15, 0.2) is 5.03 Å². The summed E-state index contributed by atoms with van der Waals surface area (Å²) in [4.78, 5) is 51.8. The predicted molar refractivity (Wildman–Crippen MR) is 157 cm³/mol. The van der Waals surface area contributed by atoms with Crippen LogP contribution in [-0.2, 0) is 17.9 Å². The van der Waals surface area contributed by atoms with Gasteiger partial charge in [-0.1, -0.05) is 60.7 Å². The van der Waals surface area contributed by atoms with E-state index in [0.717, 1.165) is 4.57 Å². The Balaban J connectivity index is 1.73. The molecule has 14 heteroatoms. The van der Waals surface area contributed by atoms with Crippen LogP contribution in [0.2, 0.25) is 0 Å². The average Bonchev–Trinajstić information content (AvgIpc) is 3.22. The fourth-order valence-electron chi connectivity index (χ4n) is 4.67. The predicted octanol–water partition coefficient (Wildman–Crippen LogP) is 0.739. The number of amides is 1. The van der Waals surface area contributed by atoms with Crippen molar-refractivity contribution < 1.29 is 9.83 Å². The van der Waals surface area contributed by atoms with Crippen molar-refractivity contribution in [3.05, 3.63) is 127 Å². The molecule has 0 aliphatic heterocycles. The van der Waals surface area contributed by atoms with Crippen molar-refractivity contribution in [1.29, 1.82) is 0 Å². The summed E-state index contributed by atoms with van der Waals surface area (Å²) >= 11 is 0. The number of primary amides is 1. The van der Waals surface area contributed by atoms with Crippen LogP contribution in [0.4, 0.5) is 0 Å².